The van der Waals surface area contributed by atoms with Crippen LogP contribution in [-0.2, 0) is 22.3 Å². The zero-order chi connectivity index (χ0) is 18.6. The van der Waals surface area contributed by atoms with Gasteiger partial charge in [-0.2, -0.15) is 4.31 Å². The molecule has 5 nitrogen and oxygen atoms in total. The number of rotatable bonds is 6. The van der Waals surface area contributed by atoms with E-state index in [1.807, 2.05) is 43.3 Å². The largest absolute Gasteiger partial charge is 0.497 e. The van der Waals surface area contributed by atoms with Gasteiger partial charge in [0, 0.05) is 32.7 Å². The summed E-state index contributed by atoms with van der Waals surface area (Å²) in [6.07, 6.45) is 0. The van der Waals surface area contributed by atoms with E-state index in [2.05, 4.69) is 17.0 Å². The molecule has 3 rings (SSSR count). The molecular weight excluding hydrogens is 348 g/mol. The predicted octanol–water partition coefficient (Wildman–Crippen LogP) is 2.65. The molecule has 0 aliphatic carbocycles. The van der Waals surface area contributed by atoms with Gasteiger partial charge in [-0.15, -0.1) is 0 Å². The normalized spacial score (nSPS) is 16.5. The minimum atomic E-state index is -3.26. The molecule has 0 spiro atoms. The van der Waals surface area contributed by atoms with Crippen LogP contribution in [0.2, 0.25) is 0 Å². The third-order valence-electron chi connectivity index (χ3n) is 4.76. The Bertz CT molecular complexity index is 809. The molecule has 2 aromatic rings. The Morgan fingerprint density at radius 3 is 2.04 bits per heavy atom. The minimum absolute atomic E-state index is 0.0752. The molecule has 2 aromatic carbocycles. The molecule has 0 atom stereocenters. The summed E-state index contributed by atoms with van der Waals surface area (Å²) >= 11 is 0. The summed E-state index contributed by atoms with van der Waals surface area (Å²) in [4.78, 5) is 2.29. The van der Waals surface area contributed by atoms with Crippen LogP contribution >= 0.6 is 0 Å². The maximum Gasteiger partial charge on any atom is 0.218 e. The molecule has 0 N–H and O–H groups in total. The Morgan fingerprint density at radius 1 is 0.885 bits per heavy atom. The van der Waals surface area contributed by atoms with Crippen molar-refractivity contribution in [2.45, 2.75) is 19.2 Å². The van der Waals surface area contributed by atoms with Crippen molar-refractivity contribution in [1.82, 2.24) is 9.21 Å². The summed E-state index contributed by atoms with van der Waals surface area (Å²) in [5, 5.41) is 0. The molecule has 0 aromatic heterocycles. The first-order valence-electron chi connectivity index (χ1n) is 8.85. The van der Waals surface area contributed by atoms with Crippen LogP contribution in [0.4, 0.5) is 0 Å². The highest BCUT2D eigenvalue weighted by Crippen LogP contribution is 2.17. The van der Waals surface area contributed by atoms with E-state index in [0.717, 1.165) is 36.5 Å². The standard InChI is InChI=1S/C20H26N2O3S/c1-17-3-5-19(6-4-17)16-26(23,24)22-13-11-21(12-14-22)15-18-7-9-20(25-2)10-8-18/h3-10H,11-16H2,1-2H3. The second-order valence-electron chi connectivity index (χ2n) is 6.77. The van der Waals surface area contributed by atoms with Crippen LogP contribution in [0.1, 0.15) is 16.7 Å². The predicted molar refractivity (Wildman–Crippen MR) is 104 cm³/mol. The number of piperazine rings is 1. The number of ether oxygens (including phenoxy) is 1. The molecule has 0 unspecified atom stereocenters. The molecule has 1 heterocycles. The fourth-order valence-electron chi connectivity index (χ4n) is 3.14. The van der Waals surface area contributed by atoms with E-state index in [1.54, 1.807) is 11.4 Å². The summed E-state index contributed by atoms with van der Waals surface area (Å²) in [5.41, 5.74) is 3.19. The van der Waals surface area contributed by atoms with Crippen LogP contribution in [0.25, 0.3) is 0 Å². The van der Waals surface area contributed by atoms with E-state index in [1.165, 1.54) is 5.56 Å². The van der Waals surface area contributed by atoms with Crippen LogP contribution in [-0.4, -0.2) is 50.9 Å². The fraction of sp³-hybridized carbons (Fsp3) is 0.400. The number of aryl methyl sites for hydroxylation is 1. The number of benzene rings is 2. The number of hydrogen-bond acceptors (Lipinski definition) is 4. The van der Waals surface area contributed by atoms with Gasteiger partial charge in [0.1, 0.15) is 5.75 Å². The lowest BCUT2D eigenvalue weighted by atomic mass is 10.2. The molecule has 0 bridgehead atoms. The van der Waals surface area contributed by atoms with Crippen molar-refractivity contribution in [3.05, 3.63) is 65.2 Å². The quantitative estimate of drug-likeness (QED) is 0.780. The minimum Gasteiger partial charge on any atom is -0.497 e. The molecule has 1 fully saturated rings. The molecular formula is C20H26N2O3S. The molecule has 1 aliphatic rings. The van der Waals surface area contributed by atoms with Crippen molar-refractivity contribution < 1.29 is 13.2 Å². The van der Waals surface area contributed by atoms with Gasteiger partial charge in [0.25, 0.3) is 0 Å². The van der Waals surface area contributed by atoms with E-state index in [-0.39, 0.29) is 5.75 Å². The smallest absolute Gasteiger partial charge is 0.218 e. The SMILES string of the molecule is COc1ccc(CN2CCN(S(=O)(=O)Cc3ccc(C)cc3)CC2)cc1. The molecule has 1 saturated heterocycles. The van der Waals surface area contributed by atoms with Crippen molar-refractivity contribution in [1.29, 1.82) is 0 Å². The van der Waals surface area contributed by atoms with Crippen molar-refractivity contribution in [2.75, 3.05) is 33.3 Å². The number of nitrogens with zero attached hydrogens (tertiary/aromatic N) is 2. The van der Waals surface area contributed by atoms with Gasteiger partial charge in [-0.1, -0.05) is 42.0 Å². The monoisotopic (exact) mass is 374 g/mol. The summed E-state index contributed by atoms with van der Waals surface area (Å²) in [7, 11) is -1.61. The fourth-order valence-corrected chi connectivity index (χ4v) is 4.66. The van der Waals surface area contributed by atoms with Crippen LogP contribution in [0.3, 0.4) is 0 Å². The van der Waals surface area contributed by atoms with Gasteiger partial charge in [0.15, 0.2) is 0 Å². The van der Waals surface area contributed by atoms with Crippen LogP contribution < -0.4 is 4.74 Å². The van der Waals surface area contributed by atoms with Gasteiger partial charge < -0.3 is 4.74 Å². The van der Waals surface area contributed by atoms with Crippen LogP contribution in [0, 0.1) is 6.92 Å². The second-order valence-corrected chi connectivity index (χ2v) is 8.73. The number of methoxy groups -OCH3 is 1. The third kappa shape index (κ3) is 4.84. The molecule has 0 saturated carbocycles. The maximum absolute atomic E-state index is 12.7. The lowest BCUT2D eigenvalue weighted by molar-refractivity contribution is 0.181. The van der Waals surface area contributed by atoms with Crippen molar-refractivity contribution in [2.24, 2.45) is 0 Å². The summed E-state index contributed by atoms with van der Waals surface area (Å²) in [6.45, 7) is 5.42. The van der Waals surface area contributed by atoms with Crippen LogP contribution in [0.5, 0.6) is 5.75 Å². The molecule has 0 amide bonds. The van der Waals surface area contributed by atoms with Gasteiger partial charge in [0.05, 0.1) is 12.9 Å². The summed E-state index contributed by atoms with van der Waals surface area (Å²) < 4.78 is 32.1. The average molecular weight is 375 g/mol. The summed E-state index contributed by atoms with van der Waals surface area (Å²) in [6, 6.07) is 15.7. The Kier molecular flexibility index (Phi) is 5.96. The van der Waals surface area contributed by atoms with Gasteiger partial charge in [0.2, 0.25) is 10.0 Å². The number of sulfonamides is 1. The Labute approximate surface area is 156 Å². The van der Waals surface area contributed by atoms with Gasteiger partial charge in [-0.3, -0.25) is 4.90 Å². The first-order chi connectivity index (χ1) is 12.5. The lowest BCUT2D eigenvalue weighted by Crippen LogP contribution is -2.48. The Hall–Kier alpha value is -1.89. The van der Waals surface area contributed by atoms with Gasteiger partial charge >= 0.3 is 0 Å². The maximum atomic E-state index is 12.7. The Balaban J connectivity index is 1.54. The lowest BCUT2D eigenvalue weighted by Gasteiger charge is -2.34. The number of hydrogen-bond donors (Lipinski definition) is 0. The molecule has 0 radical (unpaired) electrons. The highest BCUT2D eigenvalue weighted by Gasteiger charge is 2.27. The molecule has 26 heavy (non-hydrogen) atoms. The van der Waals surface area contributed by atoms with E-state index in [0.29, 0.717) is 13.1 Å². The average Bonchev–Trinajstić information content (AvgIpc) is 2.64. The first kappa shape index (κ1) is 18.9. The highest BCUT2D eigenvalue weighted by molar-refractivity contribution is 7.88. The molecule has 140 valence electrons. The topological polar surface area (TPSA) is 49.9 Å². The Morgan fingerprint density at radius 2 is 1.46 bits per heavy atom. The van der Waals surface area contributed by atoms with Gasteiger partial charge in [-0.05, 0) is 30.2 Å². The third-order valence-corrected chi connectivity index (χ3v) is 6.61. The highest BCUT2D eigenvalue weighted by atomic mass is 32.2. The van der Waals surface area contributed by atoms with Crippen LogP contribution in [0.15, 0.2) is 48.5 Å². The zero-order valence-electron chi connectivity index (χ0n) is 15.4. The van der Waals surface area contributed by atoms with E-state index in [9.17, 15) is 8.42 Å². The van der Waals surface area contributed by atoms with Crippen molar-refractivity contribution in [3.63, 3.8) is 0 Å². The van der Waals surface area contributed by atoms with E-state index in [4.69, 9.17) is 4.74 Å². The van der Waals surface area contributed by atoms with E-state index < -0.39 is 10.0 Å². The molecule has 6 heteroatoms. The van der Waals surface area contributed by atoms with Crippen molar-refractivity contribution in [3.8, 4) is 5.75 Å². The van der Waals surface area contributed by atoms with Gasteiger partial charge in [-0.25, -0.2) is 8.42 Å². The summed E-state index contributed by atoms with van der Waals surface area (Å²) in [5.74, 6) is 0.923. The zero-order valence-corrected chi connectivity index (χ0v) is 16.2. The second kappa shape index (κ2) is 8.20. The first-order valence-corrected chi connectivity index (χ1v) is 10.5. The molecule has 1 aliphatic heterocycles. The van der Waals surface area contributed by atoms with E-state index >= 15 is 0 Å². The van der Waals surface area contributed by atoms with Crippen molar-refractivity contribution >= 4 is 10.0 Å².